The van der Waals surface area contributed by atoms with E-state index in [4.69, 9.17) is 0 Å². The lowest BCUT2D eigenvalue weighted by Crippen LogP contribution is -2.40. The van der Waals surface area contributed by atoms with Crippen LogP contribution in [-0.4, -0.2) is 29.2 Å². The summed E-state index contributed by atoms with van der Waals surface area (Å²) in [5.41, 5.74) is 0. The summed E-state index contributed by atoms with van der Waals surface area (Å²) in [7, 11) is 1.99. The molecule has 16 heavy (non-hydrogen) atoms. The number of fused-ring (bicyclic) bond motifs is 1. The van der Waals surface area contributed by atoms with Gasteiger partial charge in [0.1, 0.15) is 0 Å². The number of hydrogen-bond donors (Lipinski definition) is 0. The molecule has 0 bridgehead atoms. The molecule has 3 saturated carbocycles. The monoisotopic (exact) mass is 285 g/mol. The second kappa shape index (κ2) is 4.01. The third-order valence-corrected chi connectivity index (χ3v) is 5.43. The van der Waals surface area contributed by atoms with Crippen LogP contribution < -0.4 is 0 Å². The first-order chi connectivity index (χ1) is 7.63. The fourth-order valence-corrected chi connectivity index (χ4v) is 4.57. The molecular weight excluding hydrogens is 266 g/mol. The fourth-order valence-electron chi connectivity index (χ4n) is 3.51. The first-order valence-corrected chi connectivity index (χ1v) is 7.44. The van der Waals surface area contributed by atoms with Crippen LogP contribution in [0, 0.1) is 23.7 Å². The average molecular weight is 286 g/mol. The average Bonchev–Trinajstić information content (AvgIpc) is 2.82. The lowest BCUT2D eigenvalue weighted by atomic mass is 9.84. The summed E-state index contributed by atoms with van der Waals surface area (Å²) in [6.45, 7) is 0.979. The number of nitrogens with zero attached hydrogens (tertiary/aromatic N) is 1. The van der Waals surface area contributed by atoms with Crippen LogP contribution in [0.4, 0.5) is 0 Å². The van der Waals surface area contributed by atoms with E-state index in [1.165, 1.54) is 32.1 Å². The highest BCUT2D eigenvalue weighted by Gasteiger charge is 2.48. The zero-order valence-corrected chi connectivity index (χ0v) is 11.4. The van der Waals surface area contributed by atoms with Crippen LogP contribution in [0.5, 0.6) is 0 Å². The molecule has 0 aromatic rings. The van der Waals surface area contributed by atoms with Crippen molar-refractivity contribution in [3.8, 4) is 0 Å². The van der Waals surface area contributed by atoms with Crippen molar-refractivity contribution in [2.45, 2.75) is 36.9 Å². The molecule has 2 unspecified atom stereocenters. The van der Waals surface area contributed by atoms with Crippen molar-refractivity contribution in [3.63, 3.8) is 0 Å². The lowest BCUT2D eigenvalue weighted by molar-refractivity contribution is -0.135. The minimum Gasteiger partial charge on any atom is -0.345 e. The molecule has 3 fully saturated rings. The van der Waals surface area contributed by atoms with Crippen LogP contribution in [0.15, 0.2) is 0 Å². The maximum Gasteiger partial charge on any atom is 0.225 e. The Morgan fingerprint density at radius 1 is 1.19 bits per heavy atom. The van der Waals surface area contributed by atoms with E-state index in [1.54, 1.807) is 0 Å². The lowest BCUT2D eigenvalue weighted by Gasteiger charge is -2.35. The van der Waals surface area contributed by atoms with Gasteiger partial charge in [0.05, 0.1) is 0 Å². The molecule has 0 saturated heterocycles. The molecule has 0 radical (unpaired) electrons. The highest BCUT2D eigenvalue weighted by molar-refractivity contribution is 9.09. The number of halogens is 1. The summed E-state index contributed by atoms with van der Waals surface area (Å²) in [6.07, 6.45) is 6.25. The normalized spacial score (nSPS) is 44.8. The maximum atomic E-state index is 12.2. The molecule has 3 rings (SSSR count). The number of rotatable bonds is 3. The zero-order valence-electron chi connectivity index (χ0n) is 9.86. The minimum absolute atomic E-state index is 0.369. The van der Waals surface area contributed by atoms with Gasteiger partial charge >= 0.3 is 0 Å². The van der Waals surface area contributed by atoms with E-state index in [1.807, 2.05) is 11.9 Å². The van der Waals surface area contributed by atoms with Gasteiger partial charge < -0.3 is 4.90 Å². The molecule has 0 aromatic carbocycles. The SMILES string of the molecule is CN(CC1CC(Br)C1)C(=O)C1CC2CC2C1. The van der Waals surface area contributed by atoms with E-state index >= 15 is 0 Å². The van der Waals surface area contributed by atoms with Crippen molar-refractivity contribution < 1.29 is 4.79 Å². The van der Waals surface area contributed by atoms with Crippen LogP contribution in [0.25, 0.3) is 0 Å². The third kappa shape index (κ3) is 2.03. The maximum absolute atomic E-state index is 12.2. The Morgan fingerprint density at radius 2 is 1.81 bits per heavy atom. The fraction of sp³-hybridized carbons (Fsp3) is 0.923. The van der Waals surface area contributed by atoms with E-state index < -0.39 is 0 Å². The van der Waals surface area contributed by atoms with Crippen LogP contribution in [0.2, 0.25) is 0 Å². The topological polar surface area (TPSA) is 20.3 Å². The van der Waals surface area contributed by atoms with E-state index in [0.29, 0.717) is 16.7 Å². The number of carbonyl (C=O) groups excluding carboxylic acids is 1. The molecule has 2 nitrogen and oxygen atoms in total. The number of carbonyl (C=O) groups is 1. The van der Waals surface area contributed by atoms with Gasteiger partial charge in [-0.25, -0.2) is 0 Å². The van der Waals surface area contributed by atoms with Gasteiger partial charge in [-0.15, -0.1) is 0 Å². The summed E-state index contributed by atoms with van der Waals surface area (Å²) in [5, 5.41) is 0. The molecule has 0 spiro atoms. The zero-order chi connectivity index (χ0) is 11.3. The van der Waals surface area contributed by atoms with Gasteiger partial charge in [0.15, 0.2) is 0 Å². The quantitative estimate of drug-likeness (QED) is 0.730. The van der Waals surface area contributed by atoms with Crippen molar-refractivity contribution in [1.82, 2.24) is 4.90 Å². The molecule has 0 heterocycles. The van der Waals surface area contributed by atoms with Crippen molar-refractivity contribution in [1.29, 1.82) is 0 Å². The molecule has 2 atom stereocenters. The summed E-state index contributed by atoms with van der Waals surface area (Å²) in [6, 6.07) is 0. The Kier molecular flexibility index (Phi) is 2.77. The van der Waals surface area contributed by atoms with Gasteiger partial charge in [-0.2, -0.15) is 0 Å². The van der Waals surface area contributed by atoms with Crippen LogP contribution >= 0.6 is 15.9 Å². The van der Waals surface area contributed by atoms with E-state index in [2.05, 4.69) is 15.9 Å². The van der Waals surface area contributed by atoms with Crippen LogP contribution in [0.1, 0.15) is 32.1 Å². The minimum atomic E-state index is 0.369. The standard InChI is InChI=1S/C13H20BrNO/c1-15(7-8-2-12(14)3-8)13(16)11-5-9-4-10(9)6-11/h8-12H,2-7H2,1H3. The summed E-state index contributed by atoms with van der Waals surface area (Å²) in [5.74, 6) is 3.36. The van der Waals surface area contributed by atoms with Crippen molar-refractivity contribution >= 4 is 21.8 Å². The van der Waals surface area contributed by atoms with E-state index in [9.17, 15) is 4.79 Å². The Morgan fingerprint density at radius 3 is 2.38 bits per heavy atom. The van der Waals surface area contributed by atoms with Crippen molar-refractivity contribution in [3.05, 3.63) is 0 Å². The van der Waals surface area contributed by atoms with Gasteiger partial charge in [-0.05, 0) is 49.9 Å². The molecule has 3 heteroatoms. The molecular formula is C13H20BrNO. The Labute approximate surface area is 106 Å². The molecule has 3 aliphatic carbocycles. The third-order valence-electron chi connectivity index (χ3n) is 4.68. The largest absolute Gasteiger partial charge is 0.345 e. The van der Waals surface area contributed by atoms with Crippen molar-refractivity contribution in [2.75, 3.05) is 13.6 Å². The first kappa shape index (κ1) is 11.1. The summed E-state index contributed by atoms with van der Waals surface area (Å²) < 4.78 is 0. The molecule has 0 aliphatic heterocycles. The Hall–Kier alpha value is -0.0500. The second-order valence-corrected chi connectivity index (χ2v) is 7.37. The van der Waals surface area contributed by atoms with Crippen molar-refractivity contribution in [2.24, 2.45) is 23.7 Å². The number of alkyl halides is 1. The van der Waals surface area contributed by atoms with Gasteiger partial charge in [0.25, 0.3) is 0 Å². The van der Waals surface area contributed by atoms with E-state index in [-0.39, 0.29) is 0 Å². The van der Waals surface area contributed by atoms with Gasteiger partial charge in [0, 0.05) is 24.3 Å². The molecule has 0 N–H and O–H groups in total. The predicted molar refractivity (Wildman–Crippen MR) is 67.4 cm³/mol. The number of amides is 1. The smallest absolute Gasteiger partial charge is 0.225 e. The van der Waals surface area contributed by atoms with E-state index in [0.717, 1.165) is 24.3 Å². The second-order valence-electron chi connectivity index (χ2n) is 6.08. The summed E-state index contributed by atoms with van der Waals surface area (Å²) in [4.78, 5) is 14.9. The molecule has 3 aliphatic rings. The summed E-state index contributed by atoms with van der Waals surface area (Å²) >= 11 is 3.60. The van der Waals surface area contributed by atoms with Crippen LogP contribution in [0.3, 0.4) is 0 Å². The Bertz CT molecular complexity index is 290. The highest BCUT2D eigenvalue weighted by atomic mass is 79.9. The van der Waals surface area contributed by atoms with Gasteiger partial charge in [0.2, 0.25) is 5.91 Å². The molecule has 90 valence electrons. The molecule has 1 amide bonds. The van der Waals surface area contributed by atoms with Crippen LogP contribution in [-0.2, 0) is 4.79 Å². The number of hydrogen-bond acceptors (Lipinski definition) is 1. The predicted octanol–water partition coefficient (Wildman–Crippen LogP) is 2.66. The molecule has 0 aromatic heterocycles. The Balaban J connectivity index is 1.46. The van der Waals surface area contributed by atoms with Gasteiger partial charge in [-0.3, -0.25) is 4.79 Å². The highest BCUT2D eigenvalue weighted by Crippen LogP contribution is 2.54. The van der Waals surface area contributed by atoms with Gasteiger partial charge in [-0.1, -0.05) is 15.9 Å². The first-order valence-electron chi connectivity index (χ1n) is 6.52.